The van der Waals surface area contributed by atoms with E-state index in [9.17, 15) is 8.42 Å². The van der Waals surface area contributed by atoms with Crippen molar-refractivity contribution in [2.45, 2.75) is 37.6 Å². The molecule has 1 aliphatic rings. The van der Waals surface area contributed by atoms with Crippen LogP contribution in [0.15, 0.2) is 17.0 Å². The van der Waals surface area contributed by atoms with Crippen molar-refractivity contribution in [3.05, 3.63) is 23.3 Å². The molecule has 0 spiro atoms. The van der Waals surface area contributed by atoms with Crippen LogP contribution >= 0.6 is 0 Å². The maximum absolute atomic E-state index is 12.5. The van der Waals surface area contributed by atoms with Gasteiger partial charge in [-0.2, -0.15) is 0 Å². The highest BCUT2D eigenvalue weighted by Gasteiger charge is 2.25. The highest BCUT2D eigenvalue weighted by Crippen LogP contribution is 2.25. The van der Waals surface area contributed by atoms with Crippen molar-refractivity contribution in [3.8, 4) is 0 Å². The van der Waals surface area contributed by atoms with Crippen molar-refractivity contribution in [1.29, 1.82) is 0 Å². The Labute approximate surface area is 121 Å². The van der Waals surface area contributed by atoms with Gasteiger partial charge in [0.25, 0.3) is 0 Å². The summed E-state index contributed by atoms with van der Waals surface area (Å²) in [5.74, 6) is 0. The minimum Gasteiger partial charge on any atom is -0.398 e. The summed E-state index contributed by atoms with van der Waals surface area (Å²) < 4.78 is 27.7. The zero-order valence-electron chi connectivity index (χ0n) is 12.3. The van der Waals surface area contributed by atoms with Gasteiger partial charge in [-0.05, 0) is 57.5 Å². The molecule has 1 aromatic rings. The van der Waals surface area contributed by atoms with E-state index in [0.717, 1.165) is 24.9 Å². The van der Waals surface area contributed by atoms with Crippen molar-refractivity contribution in [2.75, 3.05) is 25.9 Å². The Bertz CT molecular complexity index is 599. The second-order valence-electron chi connectivity index (χ2n) is 5.55. The summed E-state index contributed by atoms with van der Waals surface area (Å²) in [5, 5.41) is 0. The summed E-state index contributed by atoms with van der Waals surface area (Å²) in [6.45, 7) is 5.02. The smallest absolute Gasteiger partial charge is 0.241 e. The maximum Gasteiger partial charge on any atom is 0.241 e. The average molecular weight is 297 g/mol. The largest absolute Gasteiger partial charge is 0.398 e. The molecule has 0 saturated carbocycles. The third kappa shape index (κ3) is 2.97. The summed E-state index contributed by atoms with van der Waals surface area (Å²) in [4.78, 5) is 2.51. The molecule has 5 nitrogen and oxygen atoms in total. The quantitative estimate of drug-likeness (QED) is 0.820. The van der Waals surface area contributed by atoms with Gasteiger partial charge in [0.05, 0.1) is 4.90 Å². The average Bonchev–Trinajstić information content (AvgIpc) is 2.77. The van der Waals surface area contributed by atoms with Gasteiger partial charge in [0.15, 0.2) is 0 Å². The van der Waals surface area contributed by atoms with Crippen LogP contribution in [0, 0.1) is 13.8 Å². The summed E-state index contributed by atoms with van der Waals surface area (Å²) in [7, 11) is -1.48. The van der Waals surface area contributed by atoms with Crippen LogP contribution in [0.2, 0.25) is 0 Å². The SMILES string of the molecule is Cc1ccc(N)c(C)c1S(=O)(=O)NCC1CCCN1C. The fourth-order valence-corrected chi connectivity index (χ4v) is 4.34. The van der Waals surface area contributed by atoms with Crippen LogP contribution in [0.5, 0.6) is 0 Å². The Balaban J connectivity index is 2.21. The van der Waals surface area contributed by atoms with Gasteiger partial charge >= 0.3 is 0 Å². The molecule has 1 atom stereocenters. The predicted octanol–water partition coefficient (Wildman–Crippen LogP) is 1.26. The number of nitrogens with zero attached hydrogens (tertiary/aromatic N) is 1. The van der Waals surface area contributed by atoms with Crippen LogP contribution in [0.4, 0.5) is 5.69 Å². The van der Waals surface area contributed by atoms with E-state index in [1.165, 1.54) is 0 Å². The monoisotopic (exact) mass is 297 g/mol. The minimum atomic E-state index is -3.51. The fraction of sp³-hybridized carbons (Fsp3) is 0.571. The van der Waals surface area contributed by atoms with Gasteiger partial charge in [0.1, 0.15) is 0 Å². The number of nitrogen functional groups attached to an aromatic ring is 1. The molecule has 2 rings (SSSR count). The molecule has 0 aliphatic carbocycles. The molecule has 1 aliphatic heterocycles. The summed E-state index contributed by atoms with van der Waals surface area (Å²) in [6, 6.07) is 3.78. The lowest BCUT2D eigenvalue weighted by molar-refractivity contribution is 0.311. The number of nitrogens with one attached hydrogen (secondary N) is 1. The number of rotatable bonds is 4. The maximum atomic E-state index is 12.5. The zero-order valence-corrected chi connectivity index (χ0v) is 13.1. The van der Waals surface area contributed by atoms with E-state index >= 15 is 0 Å². The first-order valence-corrected chi connectivity index (χ1v) is 8.37. The third-order valence-corrected chi connectivity index (χ3v) is 5.81. The van der Waals surface area contributed by atoms with Crippen LogP contribution in [0.1, 0.15) is 24.0 Å². The number of nitrogens with two attached hydrogens (primary N) is 1. The standard InChI is InChI=1S/C14H23N3O2S/c1-10-6-7-13(15)11(2)14(10)20(18,19)16-9-12-5-4-8-17(12)3/h6-7,12,16H,4-5,8-9,15H2,1-3H3. The number of sulfonamides is 1. The Hall–Kier alpha value is -1.11. The normalized spacial score (nSPS) is 20.4. The molecule has 0 amide bonds. The molecule has 1 unspecified atom stereocenters. The van der Waals surface area contributed by atoms with Crippen molar-refractivity contribution >= 4 is 15.7 Å². The van der Waals surface area contributed by atoms with Gasteiger partial charge in [-0.15, -0.1) is 0 Å². The summed E-state index contributed by atoms with van der Waals surface area (Å²) >= 11 is 0. The highest BCUT2D eigenvalue weighted by atomic mass is 32.2. The number of benzene rings is 1. The number of hydrogen-bond acceptors (Lipinski definition) is 4. The molecule has 0 radical (unpaired) electrons. The Kier molecular flexibility index (Phi) is 4.36. The Morgan fingerprint density at radius 2 is 2.10 bits per heavy atom. The van der Waals surface area contributed by atoms with Crippen molar-refractivity contribution < 1.29 is 8.42 Å². The molecule has 1 aromatic carbocycles. The van der Waals surface area contributed by atoms with Crippen molar-refractivity contribution in [1.82, 2.24) is 9.62 Å². The molecular formula is C14H23N3O2S. The number of anilines is 1. The van der Waals surface area contributed by atoms with Crippen LogP contribution in [-0.4, -0.2) is 39.5 Å². The van der Waals surface area contributed by atoms with E-state index in [0.29, 0.717) is 22.7 Å². The first-order chi connectivity index (χ1) is 9.33. The van der Waals surface area contributed by atoms with Gasteiger partial charge < -0.3 is 10.6 Å². The molecule has 3 N–H and O–H groups in total. The molecule has 0 aromatic heterocycles. The second-order valence-corrected chi connectivity index (χ2v) is 7.26. The fourth-order valence-electron chi connectivity index (χ4n) is 2.77. The molecule has 0 bridgehead atoms. The minimum absolute atomic E-state index is 0.284. The summed E-state index contributed by atoms with van der Waals surface area (Å²) in [6.07, 6.45) is 2.16. The van der Waals surface area contributed by atoms with Gasteiger partial charge in [-0.3, -0.25) is 0 Å². The van der Waals surface area contributed by atoms with Gasteiger partial charge in [-0.25, -0.2) is 13.1 Å². The van der Waals surface area contributed by atoms with Crippen LogP contribution in [0.3, 0.4) is 0 Å². The first-order valence-electron chi connectivity index (χ1n) is 6.88. The first kappa shape index (κ1) is 15.3. The van der Waals surface area contributed by atoms with E-state index in [1.54, 1.807) is 26.0 Å². The molecular weight excluding hydrogens is 274 g/mol. The highest BCUT2D eigenvalue weighted by molar-refractivity contribution is 7.89. The number of likely N-dealkylation sites (tertiary alicyclic amines) is 1. The van der Waals surface area contributed by atoms with Crippen molar-refractivity contribution in [2.24, 2.45) is 0 Å². The third-order valence-electron chi connectivity index (χ3n) is 4.09. The zero-order chi connectivity index (χ0) is 14.9. The predicted molar refractivity (Wildman–Crippen MR) is 81.2 cm³/mol. The van der Waals surface area contributed by atoms with Crippen LogP contribution < -0.4 is 10.5 Å². The van der Waals surface area contributed by atoms with E-state index < -0.39 is 10.0 Å². The van der Waals surface area contributed by atoms with Crippen LogP contribution in [-0.2, 0) is 10.0 Å². The van der Waals surface area contributed by atoms with E-state index in [-0.39, 0.29) is 6.04 Å². The molecule has 6 heteroatoms. The van der Waals surface area contributed by atoms with E-state index in [1.807, 2.05) is 7.05 Å². The molecule has 1 fully saturated rings. The number of hydrogen-bond donors (Lipinski definition) is 2. The number of aryl methyl sites for hydroxylation is 1. The van der Waals surface area contributed by atoms with Gasteiger partial charge in [0, 0.05) is 18.3 Å². The Morgan fingerprint density at radius 1 is 1.40 bits per heavy atom. The van der Waals surface area contributed by atoms with E-state index in [2.05, 4.69) is 9.62 Å². The molecule has 1 heterocycles. The summed E-state index contributed by atoms with van der Waals surface area (Å²) in [5.41, 5.74) is 7.68. The Morgan fingerprint density at radius 3 is 2.70 bits per heavy atom. The molecule has 20 heavy (non-hydrogen) atoms. The number of likely N-dealkylation sites (N-methyl/N-ethyl adjacent to an activating group) is 1. The lowest BCUT2D eigenvalue weighted by Crippen LogP contribution is -2.38. The van der Waals surface area contributed by atoms with E-state index in [4.69, 9.17) is 5.73 Å². The van der Waals surface area contributed by atoms with Crippen molar-refractivity contribution in [3.63, 3.8) is 0 Å². The molecule has 112 valence electrons. The lowest BCUT2D eigenvalue weighted by atomic mass is 10.1. The van der Waals surface area contributed by atoms with Gasteiger partial charge in [0.2, 0.25) is 10.0 Å². The molecule has 1 saturated heterocycles. The van der Waals surface area contributed by atoms with Crippen LogP contribution in [0.25, 0.3) is 0 Å². The lowest BCUT2D eigenvalue weighted by Gasteiger charge is -2.20. The second kappa shape index (κ2) is 5.71. The van der Waals surface area contributed by atoms with Gasteiger partial charge in [-0.1, -0.05) is 6.07 Å². The topological polar surface area (TPSA) is 75.4 Å².